The number of nitrogens with zero attached hydrogens (tertiary/aromatic N) is 8. The van der Waals surface area contributed by atoms with Crippen molar-refractivity contribution in [2.24, 2.45) is 0 Å². The number of methoxy groups -OCH3 is 1. The lowest BCUT2D eigenvalue weighted by molar-refractivity contribution is 0.0240. The highest BCUT2D eigenvalue weighted by Crippen LogP contribution is 2.32. The molecule has 4 aromatic rings. The third kappa shape index (κ3) is 5.42. The Morgan fingerprint density at radius 2 is 1.64 bits per heavy atom. The van der Waals surface area contributed by atoms with E-state index >= 15 is 0 Å². The van der Waals surface area contributed by atoms with Gasteiger partial charge >= 0.3 is 6.09 Å². The molecule has 39 heavy (non-hydrogen) atoms. The molecule has 0 bridgehead atoms. The molecule has 0 unspecified atom stereocenters. The number of anilines is 1. The van der Waals surface area contributed by atoms with Crippen molar-refractivity contribution in [1.29, 1.82) is 0 Å². The van der Waals surface area contributed by atoms with Gasteiger partial charge in [-0.05, 0) is 45.0 Å². The van der Waals surface area contributed by atoms with E-state index in [1.807, 2.05) is 25.7 Å². The Labute approximate surface area is 223 Å². The maximum atomic E-state index is 14.2. The predicted octanol–water partition coefficient (Wildman–Crippen LogP) is 4.28. The number of rotatable bonds is 5. The monoisotopic (exact) mass is 538 g/mol. The molecular formula is C26H28F2N8O3. The number of hydrogen-bond donors (Lipinski definition) is 0. The molecule has 5 rings (SSSR count). The summed E-state index contributed by atoms with van der Waals surface area (Å²) in [5.74, 6) is 0.419. The number of carbonyl (C=O) groups excluding carboxylic acids is 1. The third-order valence-corrected chi connectivity index (χ3v) is 6.05. The minimum atomic E-state index is -2.90. The molecule has 0 atom stereocenters. The number of fused-ring (bicyclic) bond motifs is 1. The van der Waals surface area contributed by atoms with Crippen LogP contribution in [0, 0.1) is 0 Å². The van der Waals surface area contributed by atoms with Gasteiger partial charge in [-0.1, -0.05) is 6.07 Å². The van der Waals surface area contributed by atoms with Gasteiger partial charge in [0.25, 0.3) is 6.43 Å². The maximum absolute atomic E-state index is 14.2. The lowest BCUT2D eigenvalue weighted by Crippen LogP contribution is -2.50. The molecule has 0 spiro atoms. The lowest BCUT2D eigenvalue weighted by atomic mass is 10.2. The largest absolute Gasteiger partial charge is 0.494 e. The first kappa shape index (κ1) is 26.2. The molecule has 1 saturated heterocycles. The van der Waals surface area contributed by atoms with Crippen LogP contribution in [0.5, 0.6) is 5.75 Å². The van der Waals surface area contributed by atoms with Crippen LogP contribution in [-0.2, 0) is 4.74 Å². The Hall–Kier alpha value is -4.42. The van der Waals surface area contributed by atoms with Gasteiger partial charge in [-0.25, -0.2) is 18.6 Å². The summed E-state index contributed by atoms with van der Waals surface area (Å²) in [7, 11) is 1.45. The van der Waals surface area contributed by atoms with E-state index in [-0.39, 0.29) is 17.3 Å². The number of alkyl halides is 2. The number of aromatic nitrogens is 6. The van der Waals surface area contributed by atoms with Crippen LogP contribution in [0.3, 0.4) is 0 Å². The molecule has 1 aliphatic rings. The standard InChI is InChI=1S/C26H28F2N8O3/c1-26(2,3)39-25(37)35-14-12-34(13-15-35)23-31-21(16-8-10-29-11-9-16)32-24(33-23)36-17-6-5-7-18(38-4)19(17)30-22(36)20(27)28/h5-11,20H,12-15H2,1-4H3. The highest BCUT2D eigenvalue weighted by Gasteiger charge is 2.29. The van der Waals surface area contributed by atoms with Crippen LogP contribution in [0.2, 0.25) is 0 Å². The van der Waals surface area contributed by atoms with E-state index in [4.69, 9.17) is 9.47 Å². The summed E-state index contributed by atoms with van der Waals surface area (Å²) in [6.45, 7) is 7.05. The van der Waals surface area contributed by atoms with Crippen molar-refractivity contribution in [3.63, 3.8) is 0 Å². The minimum Gasteiger partial charge on any atom is -0.494 e. The number of benzene rings is 1. The number of para-hydroxylation sites is 1. The van der Waals surface area contributed by atoms with E-state index in [2.05, 4.69) is 24.9 Å². The van der Waals surface area contributed by atoms with E-state index < -0.39 is 23.9 Å². The van der Waals surface area contributed by atoms with Crippen LogP contribution in [0.15, 0.2) is 42.7 Å². The average Bonchev–Trinajstić information content (AvgIpc) is 3.33. The third-order valence-electron chi connectivity index (χ3n) is 6.05. The first-order valence-electron chi connectivity index (χ1n) is 12.4. The Kier molecular flexibility index (Phi) is 6.98. The molecule has 0 radical (unpaired) electrons. The van der Waals surface area contributed by atoms with E-state index in [0.717, 1.165) is 0 Å². The lowest BCUT2D eigenvalue weighted by Gasteiger charge is -2.35. The van der Waals surface area contributed by atoms with Crippen LogP contribution >= 0.6 is 0 Å². The summed E-state index contributed by atoms with van der Waals surface area (Å²) < 4.78 is 40.5. The Morgan fingerprint density at radius 1 is 0.949 bits per heavy atom. The molecule has 0 N–H and O–H groups in total. The van der Waals surface area contributed by atoms with E-state index in [1.165, 1.54) is 11.7 Å². The Balaban J connectivity index is 1.57. The second-order valence-corrected chi connectivity index (χ2v) is 9.88. The summed E-state index contributed by atoms with van der Waals surface area (Å²) in [4.78, 5) is 38.1. The molecular weight excluding hydrogens is 510 g/mol. The summed E-state index contributed by atoms with van der Waals surface area (Å²) >= 11 is 0. The second kappa shape index (κ2) is 10.4. The highest BCUT2D eigenvalue weighted by atomic mass is 19.3. The summed E-state index contributed by atoms with van der Waals surface area (Å²) in [6, 6.07) is 8.46. The fourth-order valence-electron chi connectivity index (χ4n) is 4.25. The van der Waals surface area contributed by atoms with E-state index in [1.54, 1.807) is 47.6 Å². The molecule has 13 heteroatoms. The number of piperazine rings is 1. The zero-order valence-corrected chi connectivity index (χ0v) is 22.0. The fourth-order valence-corrected chi connectivity index (χ4v) is 4.25. The molecule has 204 valence electrons. The fraction of sp³-hybridized carbons (Fsp3) is 0.385. The van der Waals surface area contributed by atoms with E-state index in [9.17, 15) is 13.6 Å². The maximum Gasteiger partial charge on any atom is 0.410 e. The summed E-state index contributed by atoms with van der Waals surface area (Å²) in [6.07, 6.45) is -0.0965. The first-order valence-corrected chi connectivity index (χ1v) is 12.4. The van der Waals surface area contributed by atoms with Crippen molar-refractivity contribution in [3.05, 3.63) is 48.5 Å². The van der Waals surface area contributed by atoms with Crippen molar-refractivity contribution in [2.75, 3.05) is 38.2 Å². The van der Waals surface area contributed by atoms with Gasteiger partial charge in [0.05, 0.1) is 12.6 Å². The van der Waals surface area contributed by atoms with E-state index in [0.29, 0.717) is 49.0 Å². The smallest absolute Gasteiger partial charge is 0.410 e. The van der Waals surface area contributed by atoms with Crippen LogP contribution in [0.1, 0.15) is 33.0 Å². The average molecular weight is 539 g/mol. The number of halogens is 2. The van der Waals surface area contributed by atoms with Crippen molar-refractivity contribution < 1.29 is 23.0 Å². The van der Waals surface area contributed by atoms with Gasteiger partial charge in [0.15, 0.2) is 11.6 Å². The zero-order chi connectivity index (χ0) is 27.7. The second-order valence-electron chi connectivity index (χ2n) is 9.88. The first-order chi connectivity index (χ1) is 18.6. The van der Waals surface area contributed by atoms with Crippen LogP contribution in [0.4, 0.5) is 19.5 Å². The van der Waals surface area contributed by atoms with Crippen molar-refractivity contribution in [2.45, 2.75) is 32.8 Å². The Bertz CT molecular complexity index is 1480. The number of amides is 1. The molecule has 1 aliphatic heterocycles. The van der Waals surface area contributed by atoms with Crippen molar-refractivity contribution >= 4 is 23.1 Å². The van der Waals surface area contributed by atoms with Crippen molar-refractivity contribution in [3.8, 4) is 23.1 Å². The number of pyridine rings is 1. The van der Waals surface area contributed by atoms with Gasteiger partial charge in [-0.2, -0.15) is 15.0 Å². The number of hydrogen-bond acceptors (Lipinski definition) is 9. The van der Waals surface area contributed by atoms with Gasteiger partial charge in [-0.3, -0.25) is 9.55 Å². The van der Waals surface area contributed by atoms with Gasteiger partial charge in [0.2, 0.25) is 11.9 Å². The molecule has 4 heterocycles. The van der Waals surface area contributed by atoms with Crippen LogP contribution in [-0.4, -0.2) is 79.4 Å². The molecule has 11 nitrogen and oxygen atoms in total. The number of carbonyl (C=O) groups is 1. The van der Waals surface area contributed by atoms with Gasteiger partial charge in [0, 0.05) is 44.1 Å². The molecule has 1 amide bonds. The minimum absolute atomic E-state index is 0.00700. The van der Waals surface area contributed by atoms with Crippen LogP contribution < -0.4 is 9.64 Å². The summed E-state index contributed by atoms with van der Waals surface area (Å²) in [5.41, 5.74) is 0.684. The molecule has 0 saturated carbocycles. The SMILES string of the molecule is COc1cccc2c1nc(C(F)F)n2-c1nc(-c2ccncc2)nc(N2CCN(C(=O)OC(C)(C)C)CC2)n1. The molecule has 1 fully saturated rings. The number of imidazole rings is 1. The van der Waals surface area contributed by atoms with Crippen molar-refractivity contribution in [1.82, 2.24) is 34.4 Å². The number of ether oxygens (including phenoxy) is 2. The zero-order valence-electron chi connectivity index (χ0n) is 22.0. The van der Waals surface area contributed by atoms with Gasteiger partial charge < -0.3 is 19.3 Å². The summed E-state index contributed by atoms with van der Waals surface area (Å²) in [5, 5.41) is 0. The quantitative estimate of drug-likeness (QED) is 0.368. The molecule has 1 aromatic carbocycles. The van der Waals surface area contributed by atoms with Crippen LogP contribution in [0.25, 0.3) is 28.4 Å². The Morgan fingerprint density at radius 3 is 2.28 bits per heavy atom. The highest BCUT2D eigenvalue weighted by molar-refractivity contribution is 5.84. The normalized spacial score (nSPS) is 14.2. The topological polar surface area (TPSA) is 111 Å². The van der Waals surface area contributed by atoms with Gasteiger partial charge in [0.1, 0.15) is 16.9 Å². The molecule has 0 aliphatic carbocycles. The van der Waals surface area contributed by atoms with Gasteiger partial charge in [-0.15, -0.1) is 0 Å². The predicted molar refractivity (Wildman–Crippen MR) is 139 cm³/mol. The molecule has 3 aromatic heterocycles.